The summed E-state index contributed by atoms with van der Waals surface area (Å²) in [5.41, 5.74) is -0.841. The van der Waals surface area contributed by atoms with Crippen LogP contribution in [-0.4, -0.2) is 27.3 Å². The van der Waals surface area contributed by atoms with E-state index in [1.54, 1.807) is 0 Å². The number of non-ortho nitro benzene ring substituents is 1. The highest BCUT2D eigenvalue weighted by atomic mass is 32.1. The molecule has 1 atom stereocenters. The van der Waals surface area contributed by atoms with Crippen LogP contribution in [0.4, 0.5) is 20.3 Å². The van der Waals surface area contributed by atoms with Crippen molar-refractivity contribution >= 4 is 29.5 Å². The molecule has 2 aliphatic rings. The number of H-pyrrole nitrogens is 2. The fourth-order valence-electron chi connectivity index (χ4n) is 4.34. The topological polar surface area (TPSA) is 130 Å². The number of carbonyl (C=O) groups is 1. The highest BCUT2D eigenvalue weighted by Gasteiger charge is 2.43. The molecule has 1 aliphatic heterocycles. The Labute approximate surface area is 184 Å². The first-order chi connectivity index (χ1) is 15.0. The molecule has 0 fully saturated rings. The van der Waals surface area contributed by atoms with Gasteiger partial charge in [0.2, 0.25) is 0 Å². The number of allylic oxidation sites excluding steroid dienone is 2. The minimum absolute atomic E-state index is 0.00465. The lowest BCUT2D eigenvalue weighted by atomic mass is 9.69. The van der Waals surface area contributed by atoms with Crippen LogP contribution in [0.3, 0.4) is 0 Å². The summed E-state index contributed by atoms with van der Waals surface area (Å²) >= 11 is 5.05. The van der Waals surface area contributed by atoms with E-state index < -0.39 is 34.1 Å². The summed E-state index contributed by atoms with van der Waals surface area (Å²) in [7, 11) is 0. The molecular weight excluding hydrogens is 446 g/mol. The van der Waals surface area contributed by atoms with Gasteiger partial charge >= 0.3 is 6.61 Å². The van der Waals surface area contributed by atoms with Crippen molar-refractivity contribution in [2.24, 2.45) is 5.41 Å². The number of alkyl halides is 2. The maximum Gasteiger partial charge on any atom is 0.387 e. The molecule has 0 bridgehead atoms. The molecule has 32 heavy (non-hydrogen) atoms. The van der Waals surface area contributed by atoms with Crippen molar-refractivity contribution in [3.63, 3.8) is 0 Å². The molecule has 0 spiro atoms. The van der Waals surface area contributed by atoms with E-state index >= 15 is 0 Å². The van der Waals surface area contributed by atoms with E-state index in [-0.39, 0.29) is 45.2 Å². The van der Waals surface area contributed by atoms with Gasteiger partial charge in [0.1, 0.15) is 11.6 Å². The van der Waals surface area contributed by atoms with Crippen molar-refractivity contribution in [3.8, 4) is 5.75 Å². The van der Waals surface area contributed by atoms with Crippen molar-refractivity contribution < 1.29 is 23.2 Å². The summed E-state index contributed by atoms with van der Waals surface area (Å²) in [6.07, 6.45) is 0.581. The van der Waals surface area contributed by atoms with Crippen LogP contribution >= 0.6 is 12.2 Å². The monoisotopic (exact) mass is 464 g/mol. The summed E-state index contributed by atoms with van der Waals surface area (Å²) in [6.45, 7) is 0.588. The van der Waals surface area contributed by atoms with Gasteiger partial charge in [-0.15, -0.1) is 0 Å². The largest absolute Gasteiger partial charge is 0.435 e. The summed E-state index contributed by atoms with van der Waals surface area (Å²) < 4.78 is 30.9. The number of aromatic nitrogens is 2. The third kappa shape index (κ3) is 3.81. The quantitative estimate of drug-likeness (QED) is 0.352. The smallest absolute Gasteiger partial charge is 0.387 e. The maximum atomic E-state index is 13.2. The number of anilines is 1. The first-order valence-corrected chi connectivity index (χ1v) is 10.0. The lowest BCUT2D eigenvalue weighted by Crippen LogP contribution is -2.37. The fourth-order valence-corrected chi connectivity index (χ4v) is 4.53. The number of carbonyl (C=O) groups excluding carboxylic acids is 1. The van der Waals surface area contributed by atoms with Gasteiger partial charge in [0.15, 0.2) is 10.6 Å². The second-order valence-electron chi connectivity index (χ2n) is 8.45. The molecular formula is C20H18F2N4O5S. The summed E-state index contributed by atoms with van der Waals surface area (Å²) in [4.78, 5) is 42.0. The van der Waals surface area contributed by atoms with Gasteiger partial charge in [-0.2, -0.15) is 8.78 Å². The lowest BCUT2D eigenvalue weighted by molar-refractivity contribution is -0.385. The normalized spacial score (nSPS) is 19.3. The molecule has 168 valence electrons. The number of nitro groups is 1. The number of hydrogen-bond acceptors (Lipinski definition) is 7. The minimum Gasteiger partial charge on any atom is -0.435 e. The Morgan fingerprint density at radius 2 is 1.97 bits per heavy atom. The van der Waals surface area contributed by atoms with Gasteiger partial charge in [0, 0.05) is 35.4 Å². The van der Waals surface area contributed by atoms with E-state index in [0.29, 0.717) is 12.1 Å². The van der Waals surface area contributed by atoms with Gasteiger partial charge in [0.25, 0.3) is 11.2 Å². The number of nitro benzene ring substituents is 1. The van der Waals surface area contributed by atoms with E-state index in [1.807, 2.05) is 13.8 Å². The number of nitrogens with zero attached hydrogens (tertiary/aromatic N) is 1. The van der Waals surface area contributed by atoms with E-state index in [2.05, 4.69) is 20.0 Å². The van der Waals surface area contributed by atoms with Crippen LogP contribution in [-0.2, 0) is 4.79 Å². The highest BCUT2D eigenvalue weighted by Crippen LogP contribution is 2.49. The molecule has 1 aromatic carbocycles. The molecule has 9 nitrogen and oxygen atoms in total. The van der Waals surface area contributed by atoms with Gasteiger partial charge in [-0.05, 0) is 30.1 Å². The fraction of sp³-hybridized carbons (Fsp3) is 0.350. The zero-order valence-corrected chi connectivity index (χ0v) is 17.8. The Bertz CT molecular complexity index is 1300. The van der Waals surface area contributed by atoms with Crippen molar-refractivity contribution in [1.82, 2.24) is 9.97 Å². The van der Waals surface area contributed by atoms with Crippen molar-refractivity contribution in [3.05, 3.63) is 65.8 Å². The van der Waals surface area contributed by atoms with Gasteiger partial charge in [-0.25, -0.2) is 0 Å². The molecule has 0 amide bonds. The van der Waals surface area contributed by atoms with Gasteiger partial charge in [-0.3, -0.25) is 24.7 Å². The number of ketones is 1. The van der Waals surface area contributed by atoms with E-state index in [0.717, 1.165) is 18.2 Å². The third-order valence-electron chi connectivity index (χ3n) is 5.48. The lowest BCUT2D eigenvalue weighted by Gasteiger charge is -2.38. The number of Topliss-reactive ketones (excluding diaryl/α,β-unsaturated/α-hetero) is 1. The second-order valence-corrected chi connectivity index (χ2v) is 8.85. The number of fused-ring (bicyclic) bond motifs is 1. The average molecular weight is 464 g/mol. The molecule has 0 radical (unpaired) electrons. The predicted molar refractivity (Wildman–Crippen MR) is 112 cm³/mol. The number of hydrogen-bond donors (Lipinski definition) is 3. The van der Waals surface area contributed by atoms with Crippen LogP contribution in [0.15, 0.2) is 34.3 Å². The number of aromatic amines is 2. The number of halogens is 2. The number of rotatable bonds is 4. The molecule has 1 aromatic heterocycles. The molecule has 0 saturated carbocycles. The van der Waals surface area contributed by atoms with E-state index in [1.165, 1.54) is 0 Å². The minimum atomic E-state index is -3.22. The van der Waals surface area contributed by atoms with Crippen molar-refractivity contribution in [2.45, 2.75) is 39.2 Å². The zero-order chi connectivity index (χ0) is 23.4. The molecule has 1 unspecified atom stereocenters. The molecule has 0 saturated heterocycles. The van der Waals surface area contributed by atoms with Crippen molar-refractivity contribution in [2.75, 3.05) is 5.32 Å². The molecule has 2 heterocycles. The van der Waals surface area contributed by atoms with Crippen LogP contribution in [0.2, 0.25) is 0 Å². The van der Waals surface area contributed by atoms with E-state index in [4.69, 9.17) is 12.2 Å². The molecule has 3 N–H and O–H groups in total. The van der Waals surface area contributed by atoms with Crippen LogP contribution < -0.4 is 15.6 Å². The Balaban J connectivity index is 2.06. The van der Waals surface area contributed by atoms with Gasteiger partial charge in [-0.1, -0.05) is 13.8 Å². The highest BCUT2D eigenvalue weighted by molar-refractivity contribution is 7.71. The van der Waals surface area contributed by atoms with Crippen LogP contribution in [0, 0.1) is 20.3 Å². The maximum absolute atomic E-state index is 13.2. The number of benzene rings is 1. The van der Waals surface area contributed by atoms with E-state index in [9.17, 15) is 28.5 Å². The Morgan fingerprint density at radius 3 is 2.62 bits per heavy atom. The first-order valence-electron chi connectivity index (χ1n) is 9.60. The average Bonchev–Trinajstić information content (AvgIpc) is 2.64. The van der Waals surface area contributed by atoms with Gasteiger partial charge < -0.3 is 15.0 Å². The molecule has 2 aromatic rings. The number of ether oxygens (including phenoxy) is 1. The first kappa shape index (κ1) is 21.8. The molecule has 4 rings (SSSR count). The Morgan fingerprint density at radius 1 is 1.25 bits per heavy atom. The second kappa shape index (κ2) is 7.62. The van der Waals surface area contributed by atoms with Crippen LogP contribution in [0.1, 0.15) is 43.7 Å². The molecule has 12 heteroatoms. The Kier molecular flexibility index (Phi) is 5.19. The number of nitrogens with one attached hydrogen (secondary N) is 3. The van der Waals surface area contributed by atoms with Crippen LogP contribution in [0.5, 0.6) is 5.75 Å². The standard InChI is InChI=1S/C20H18F2N4O5S/c1-20(2)6-10-14(11(27)7-20)13(15-16(23-10)24-19(32)25-17(15)28)9-5-8(26(29)30)3-4-12(9)31-18(21)22/h3-5,13,18H,6-7H2,1-2H3,(H3,23,24,25,28,32). The zero-order valence-electron chi connectivity index (χ0n) is 17.0. The molecule has 1 aliphatic carbocycles. The van der Waals surface area contributed by atoms with Gasteiger partial charge in [0.05, 0.1) is 16.4 Å². The summed E-state index contributed by atoms with van der Waals surface area (Å²) in [6, 6.07) is 3.11. The predicted octanol–water partition coefficient (Wildman–Crippen LogP) is 4.14. The van der Waals surface area contributed by atoms with Crippen molar-refractivity contribution in [1.29, 1.82) is 0 Å². The van der Waals surface area contributed by atoms with Crippen LogP contribution in [0.25, 0.3) is 0 Å². The summed E-state index contributed by atoms with van der Waals surface area (Å²) in [5, 5.41) is 14.5. The SMILES string of the molecule is CC1(C)CC(=O)C2=C(C1)Nc1[nH]c(=S)[nH]c(=O)c1C2c1cc([N+](=O)[O-])ccc1OC(F)F. The Hall–Kier alpha value is -3.41. The third-order valence-corrected chi connectivity index (χ3v) is 5.69. The summed E-state index contributed by atoms with van der Waals surface area (Å²) in [5.74, 6) is -1.64.